The number of aryl methyl sites for hydroxylation is 1. The molecule has 9 heteroatoms. The maximum absolute atomic E-state index is 13.1. The molecule has 2 rings (SSSR count). The number of nitrogens with one attached hydrogen (secondary N) is 2. The highest BCUT2D eigenvalue weighted by Crippen LogP contribution is 2.32. The first-order valence-corrected chi connectivity index (χ1v) is 6.09. The second-order valence-corrected chi connectivity index (χ2v) is 4.43. The Balaban J connectivity index is 1.98. The molecule has 1 amide bonds. The Kier molecular flexibility index (Phi) is 4.34. The highest BCUT2D eigenvalue weighted by molar-refractivity contribution is 5.92. The SMILES string of the molecule is Cc1cc(NC(=O)CNc2ccc(F)c(C(F)(F)F)c2)on1. The summed E-state index contributed by atoms with van der Waals surface area (Å²) < 4.78 is 55.5. The number of halogens is 4. The van der Waals surface area contributed by atoms with Crippen LogP contribution in [-0.2, 0) is 11.0 Å². The number of rotatable bonds is 4. The molecule has 1 aromatic carbocycles. The summed E-state index contributed by atoms with van der Waals surface area (Å²) in [6.45, 7) is 1.34. The van der Waals surface area contributed by atoms with Crippen LogP contribution in [0, 0.1) is 12.7 Å². The van der Waals surface area contributed by atoms with Gasteiger partial charge in [0.25, 0.3) is 0 Å². The van der Waals surface area contributed by atoms with Crippen molar-refractivity contribution in [1.29, 1.82) is 0 Å². The fourth-order valence-corrected chi connectivity index (χ4v) is 1.64. The summed E-state index contributed by atoms with van der Waals surface area (Å²) in [5.74, 6) is -1.80. The van der Waals surface area contributed by atoms with Gasteiger partial charge in [0.15, 0.2) is 0 Å². The number of alkyl halides is 3. The minimum atomic E-state index is -4.80. The van der Waals surface area contributed by atoms with Crippen LogP contribution in [-0.4, -0.2) is 17.6 Å². The van der Waals surface area contributed by atoms with Gasteiger partial charge in [-0.2, -0.15) is 13.2 Å². The number of nitrogens with zero attached hydrogens (tertiary/aromatic N) is 1. The maximum Gasteiger partial charge on any atom is 0.419 e. The minimum Gasteiger partial charge on any atom is -0.376 e. The van der Waals surface area contributed by atoms with Gasteiger partial charge in [0.05, 0.1) is 17.8 Å². The highest BCUT2D eigenvalue weighted by atomic mass is 19.4. The second-order valence-electron chi connectivity index (χ2n) is 4.43. The Morgan fingerprint density at radius 1 is 1.32 bits per heavy atom. The van der Waals surface area contributed by atoms with E-state index in [0.29, 0.717) is 17.8 Å². The molecule has 0 bridgehead atoms. The topological polar surface area (TPSA) is 67.2 Å². The number of anilines is 2. The van der Waals surface area contributed by atoms with Crippen LogP contribution in [0.5, 0.6) is 0 Å². The lowest BCUT2D eigenvalue weighted by molar-refractivity contribution is -0.139. The van der Waals surface area contributed by atoms with Crippen molar-refractivity contribution >= 4 is 17.5 Å². The van der Waals surface area contributed by atoms with Crippen LogP contribution >= 0.6 is 0 Å². The first-order valence-electron chi connectivity index (χ1n) is 6.09. The molecule has 1 heterocycles. The molecule has 0 aliphatic heterocycles. The van der Waals surface area contributed by atoms with Crippen molar-refractivity contribution in [3.05, 3.63) is 41.3 Å². The van der Waals surface area contributed by atoms with E-state index in [1.54, 1.807) is 6.92 Å². The van der Waals surface area contributed by atoms with Crippen LogP contribution in [0.1, 0.15) is 11.3 Å². The number of amides is 1. The van der Waals surface area contributed by atoms with E-state index in [1.807, 2.05) is 0 Å². The number of carbonyl (C=O) groups is 1. The Morgan fingerprint density at radius 3 is 2.64 bits per heavy atom. The molecule has 0 unspecified atom stereocenters. The molecule has 0 saturated carbocycles. The first-order chi connectivity index (χ1) is 10.3. The molecule has 0 atom stereocenters. The monoisotopic (exact) mass is 317 g/mol. The molecule has 5 nitrogen and oxygen atoms in total. The molecule has 0 aliphatic rings. The number of hydrogen-bond donors (Lipinski definition) is 2. The lowest BCUT2D eigenvalue weighted by atomic mass is 10.2. The molecule has 2 N–H and O–H groups in total. The third-order valence-corrected chi connectivity index (χ3v) is 2.62. The summed E-state index contributed by atoms with van der Waals surface area (Å²) >= 11 is 0. The van der Waals surface area contributed by atoms with E-state index in [2.05, 4.69) is 15.8 Å². The van der Waals surface area contributed by atoms with E-state index >= 15 is 0 Å². The smallest absolute Gasteiger partial charge is 0.376 e. The van der Waals surface area contributed by atoms with Crippen LogP contribution in [0.25, 0.3) is 0 Å². The molecule has 1 aromatic heterocycles. The van der Waals surface area contributed by atoms with Gasteiger partial charge in [0, 0.05) is 11.8 Å². The molecule has 0 saturated heterocycles. The quantitative estimate of drug-likeness (QED) is 0.850. The lowest BCUT2D eigenvalue weighted by Crippen LogP contribution is -2.21. The van der Waals surface area contributed by atoms with Gasteiger partial charge in [-0.3, -0.25) is 10.1 Å². The molecular formula is C13H11F4N3O2. The minimum absolute atomic E-state index is 0.0300. The predicted molar refractivity (Wildman–Crippen MR) is 69.8 cm³/mol. The van der Waals surface area contributed by atoms with E-state index in [1.165, 1.54) is 6.07 Å². The van der Waals surface area contributed by atoms with Crippen molar-refractivity contribution in [3.8, 4) is 0 Å². The third-order valence-electron chi connectivity index (χ3n) is 2.62. The largest absolute Gasteiger partial charge is 0.419 e. The average Bonchev–Trinajstić information content (AvgIpc) is 2.82. The zero-order valence-corrected chi connectivity index (χ0v) is 11.3. The fourth-order valence-electron chi connectivity index (χ4n) is 1.64. The summed E-state index contributed by atoms with van der Waals surface area (Å²) in [7, 11) is 0. The van der Waals surface area contributed by atoms with Crippen LogP contribution in [0.15, 0.2) is 28.8 Å². The maximum atomic E-state index is 13.1. The predicted octanol–water partition coefficient (Wildman–Crippen LogP) is 3.19. The first kappa shape index (κ1) is 15.8. The van der Waals surface area contributed by atoms with E-state index in [0.717, 1.165) is 6.07 Å². The van der Waals surface area contributed by atoms with Crippen molar-refractivity contribution in [2.45, 2.75) is 13.1 Å². The van der Waals surface area contributed by atoms with Crippen molar-refractivity contribution < 1.29 is 26.9 Å². The number of benzene rings is 1. The molecule has 22 heavy (non-hydrogen) atoms. The number of hydrogen-bond acceptors (Lipinski definition) is 4. The van der Waals surface area contributed by atoms with Gasteiger partial charge in [0.2, 0.25) is 11.8 Å². The third kappa shape index (κ3) is 3.96. The lowest BCUT2D eigenvalue weighted by Gasteiger charge is -2.11. The van der Waals surface area contributed by atoms with Crippen molar-refractivity contribution in [2.75, 3.05) is 17.2 Å². The molecular weight excluding hydrogens is 306 g/mol. The Labute approximate surface area is 122 Å². The Bertz CT molecular complexity index is 682. The Morgan fingerprint density at radius 2 is 2.05 bits per heavy atom. The van der Waals surface area contributed by atoms with Crippen molar-refractivity contribution in [3.63, 3.8) is 0 Å². The standard InChI is InChI=1S/C13H11F4N3O2/c1-7-4-12(22-20-7)19-11(21)6-18-8-2-3-10(14)9(5-8)13(15,16)17/h2-5,18H,6H2,1H3,(H,19,21). The summed E-state index contributed by atoms with van der Waals surface area (Å²) in [5.41, 5.74) is -0.863. The second kappa shape index (κ2) is 6.04. The van der Waals surface area contributed by atoms with Crippen LogP contribution < -0.4 is 10.6 Å². The van der Waals surface area contributed by atoms with E-state index < -0.39 is 23.5 Å². The van der Waals surface area contributed by atoms with Gasteiger partial charge in [-0.05, 0) is 25.1 Å². The fraction of sp³-hybridized carbons (Fsp3) is 0.231. The molecule has 0 aliphatic carbocycles. The molecule has 0 fully saturated rings. The zero-order chi connectivity index (χ0) is 16.3. The molecule has 2 aromatic rings. The average molecular weight is 317 g/mol. The van der Waals surface area contributed by atoms with Gasteiger partial charge in [-0.15, -0.1) is 0 Å². The zero-order valence-electron chi connectivity index (χ0n) is 11.3. The summed E-state index contributed by atoms with van der Waals surface area (Å²) in [6.07, 6.45) is -4.80. The molecule has 0 spiro atoms. The number of carbonyl (C=O) groups excluding carboxylic acids is 1. The van der Waals surface area contributed by atoms with E-state index in [9.17, 15) is 22.4 Å². The Hall–Kier alpha value is -2.58. The number of aromatic nitrogens is 1. The van der Waals surface area contributed by atoms with Crippen LogP contribution in [0.4, 0.5) is 29.1 Å². The molecule has 118 valence electrons. The van der Waals surface area contributed by atoms with Gasteiger partial charge >= 0.3 is 6.18 Å². The summed E-state index contributed by atoms with van der Waals surface area (Å²) in [5, 5.41) is 8.39. The van der Waals surface area contributed by atoms with Gasteiger partial charge in [-0.25, -0.2) is 4.39 Å². The summed E-state index contributed by atoms with van der Waals surface area (Å²) in [6, 6.07) is 3.87. The van der Waals surface area contributed by atoms with Crippen LogP contribution in [0.2, 0.25) is 0 Å². The van der Waals surface area contributed by atoms with Gasteiger partial charge in [0.1, 0.15) is 5.82 Å². The molecule has 0 radical (unpaired) electrons. The summed E-state index contributed by atoms with van der Waals surface area (Å²) in [4.78, 5) is 11.6. The van der Waals surface area contributed by atoms with E-state index in [4.69, 9.17) is 4.52 Å². The van der Waals surface area contributed by atoms with Crippen LogP contribution in [0.3, 0.4) is 0 Å². The highest BCUT2D eigenvalue weighted by Gasteiger charge is 2.34. The van der Waals surface area contributed by atoms with Gasteiger partial charge < -0.3 is 9.84 Å². The van der Waals surface area contributed by atoms with Gasteiger partial charge in [-0.1, -0.05) is 5.16 Å². The van der Waals surface area contributed by atoms with Crippen molar-refractivity contribution in [2.24, 2.45) is 0 Å². The van der Waals surface area contributed by atoms with Crippen molar-refractivity contribution in [1.82, 2.24) is 5.16 Å². The normalized spacial score (nSPS) is 11.3. The van der Waals surface area contributed by atoms with E-state index in [-0.39, 0.29) is 18.1 Å².